The van der Waals surface area contributed by atoms with Gasteiger partial charge in [-0.3, -0.25) is 4.98 Å². The van der Waals surface area contributed by atoms with Crippen LogP contribution >= 0.6 is 0 Å². The first-order valence-corrected chi connectivity index (χ1v) is 10.1. The molecule has 0 aliphatic rings. The highest BCUT2D eigenvalue weighted by molar-refractivity contribution is 7.85. The van der Waals surface area contributed by atoms with Gasteiger partial charge in [0.25, 0.3) is 0 Å². The SMILES string of the molecule is C[n+]1cccc(-c2cnc3ccccc3c2)c1.Cc1ccc(S(=O)(=O)[O-])cc1. The number of rotatable bonds is 2. The van der Waals surface area contributed by atoms with E-state index in [9.17, 15) is 13.0 Å². The first-order valence-electron chi connectivity index (χ1n) is 8.66. The summed E-state index contributed by atoms with van der Waals surface area (Å²) in [5.74, 6) is 0. The topological polar surface area (TPSA) is 74.0 Å². The van der Waals surface area contributed by atoms with Crippen LogP contribution < -0.4 is 4.57 Å². The molecule has 6 heteroatoms. The lowest BCUT2D eigenvalue weighted by molar-refractivity contribution is -0.671. The summed E-state index contributed by atoms with van der Waals surface area (Å²) in [4.78, 5) is 4.30. The molecule has 0 spiro atoms. The van der Waals surface area contributed by atoms with Crippen LogP contribution in [0, 0.1) is 6.92 Å². The van der Waals surface area contributed by atoms with Crippen LogP contribution in [0.25, 0.3) is 22.0 Å². The summed E-state index contributed by atoms with van der Waals surface area (Å²) >= 11 is 0. The molecule has 0 unspecified atom stereocenters. The Hall–Kier alpha value is -3.09. The lowest BCUT2D eigenvalue weighted by atomic mass is 10.1. The van der Waals surface area contributed by atoms with Crippen molar-refractivity contribution >= 4 is 21.0 Å². The maximum Gasteiger partial charge on any atom is 0.176 e. The van der Waals surface area contributed by atoms with Crippen LogP contribution in [0.5, 0.6) is 0 Å². The molecule has 0 aliphatic heterocycles. The second kappa shape index (κ2) is 8.29. The molecule has 4 rings (SSSR count). The third-order valence-electron chi connectivity index (χ3n) is 4.17. The maximum atomic E-state index is 10.4. The van der Waals surface area contributed by atoms with Crippen molar-refractivity contribution in [2.24, 2.45) is 7.05 Å². The molecule has 0 fully saturated rings. The van der Waals surface area contributed by atoms with E-state index in [-0.39, 0.29) is 4.90 Å². The van der Waals surface area contributed by atoms with Gasteiger partial charge in [0.15, 0.2) is 12.4 Å². The number of fused-ring (bicyclic) bond motifs is 1. The van der Waals surface area contributed by atoms with Crippen LogP contribution in [0.4, 0.5) is 0 Å². The summed E-state index contributed by atoms with van der Waals surface area (Å²) in [6.45, 7) is 1.82. The van der Waals surface area contributed by atoms with Crippen LogP contribution in [0.1, 0.15) is 5.56 Å². The van der Waals surface area contributed by atoms with Crippen molar-refractivity contribution in [2.45, 2.75) is 11.8 Å². The summed E-state index contributed by atoms with van der Waals surface area (Å²) in [6.07, 6.45) is 6.06. The summed E-state index contributed by atoms with van der Waals surface area (Å²) in [5, 5.41) is 1.18. The number of hydrogen-bond donors (Lipinski definition) is 0. The van der Waals surface area contributed by atoms with E-state index >= 15 is 0 Å². The van der Waals surface area contributed by atoms with E-state index in [1.165, 1.54) is 23.1 Å². The van der Waals surface area contributed by atoms with E-state index in [2.05, 4.69) is 29.4 Å². The molecule has 0 saturated carbocycles. The minimum atomic E-state index is -4.27. The zero-order valence-electron chi connectivity index (χ0n) is 15.6. The molecule has 0 N–H and O–H groups in total. The van der Waals surface area contributed by atoms with E-state index in [0.29, 0.717) is 0 Å². The molecule has 28 heavy (non-hydrogen) atoms. The third-order valence-corrected chi connectivity index (χ3v) is 5.02. The quantitative estimate of drug-likeness (QED) is 0.386. The Labute approximate surface area is 164 Å². The fourth-order valence-corrected chi connectivity index (χ4v) is 3.16. The molecule has 4 aromatic rings. The Balaban J connectivity index is 0.000000178. The van der Waals surface area contributed by atoms with Crippen LogP contribution in [0.2, 0.25) is 0 Å². The molecule has 0 bridgehead atoms. The third kappa shape index (κ3) is 5.00. The molecule has 142 valence electrons. The highest BCUT2D eigenvalue weighted by atomic mass is 32.2. The molecule has 2 aromatic carbocycles. The van der Waals surface area contributed by atoms with Gasteiger partial charge in [-0.2, -0.15) is 0 Å². The van der Waals surface area contributed by atoms with Gasteiger partial charge < -0.3 is 4.55 Å². The van der Waals surface area contributed by atoms with Crippen molar-refractivity contribution in [2.75, 3.05) is 0 Å². The Morgan fingerprint density at radius 2 is 1.64 bits per heavy atom. The van der Waals surface area contributed by atoms with Gasteiger partial charge in [0.2, 0.25) is 0 Å². The Bertz CT molecular complexity index is 1200. The van der Waals surface area contributed by atoms with E-state index in [0.717, 1.165) is 16.6 Å². The van der Waals surface area contributed by atoms with Gasteiger partial charge in [0.05, 0.1) is 10.4 Å². The van der Waals surface area contributed by atoms with Crippen molar-refractivity contribution in [1.82, 2.24) is 4.98 Å². The van der Waals surface area contributed by atoms with Gasteiger partial charge in [-0.25, -0.2) is 13.0 Å². The standard InChI is InChI=1S/C15H13N2.C7H8O3S/c1-17-8-4-6-13(11-17)14-9-12-5-2-3-7-15(12)16-10-14;1-6-2-4-7(5-3-6)11(8,9)10/h2-11H,1H3;2-5H,1H3,(H,8,9,10)/q+1;/p-1. The number of benzene rings is 2. The van der Waals surface area contributed by atoms with Gasteiger partial charge >= 0.3 is 0 Å². The number of pyridine rings is 2. The molecule has 0 saturated heterocycles. The first kappa shape index (κ1) is 19.7. The van der Waals surface area contributed by atoms with Crippen molar-refractivity contribution < 1.29 is 17.5 Å². The Morgan fingerprint density at radius 3 is 2.32 bits per heavy atom. The Kier molecular flexibility index (Phi) is 5.82. The minimum absolute atomic E-state index is 0.178. The molecule has 2 heterocycles. The number of para-hydroxylation sites is 1. The second-order valence-electron chi connectivity index (χ2n) is 6.44. The predicted octanol–water partition coefficient (Wildman–Crippen LogP) is 3.63. The van der Waals surface area contributed by atoms with Gasteiger partial charge in [-0.1, -0.05) is 35.9 Å². The summed E-state index contributed by atoms with van der Waals surface area (Å²) < 4.78 is 33.2. The number of aryl methyl sites for hydroxylation is 2. The molecule has 0 aliphatic carbocycles. The molecule has 2 aromatic heterocycles. The van der Waals surface area contributed by atoms with Gasteiger partial charge in [-0.05, 0) is 37.3 Å². The van der Waals surface area contributed by atoms with Crippen LogP contribution in [0.15, 0.2) is 90.2 Å². The summed E-state index contributed by atoms with van der Waals surface area (Å²) in [5.41, 5.74) is 4.31. The van der Waals surface area contributed by atoms with E-state index < -0.39 is 10.1 Å². The zero-order valence-corrected chi connectivity index (χ0v) is 16.4. The summed E-state index contributed by atoms with van der Waals surface area (Å²) in [6, 6.07) is 20.3. The van der Waals surface area contributed by atoms with Gasteiger partial charge in [0.1, 0.15) is 17.2 Å². The second-order valence-corrected chi connectivity index (χ2v) is 7.82. The zero-order chi connectivity index (χ0) is 20.1. The minimum Gasteiger partial charge on any atom is -0.744 e. The molecule has 0 atom stereocenters. The smallest absolute Gasteiger partial charge is 0.176 e. The highest BCUT2D eigenvalue weighted by Gasteiger charge is 2.03. The normalized spacial score (nSPS) is 11.0. The monoisotopic (exact) mass is 392 g/mol. The molecular weight excluding hydrogens is 372 g/mol. The molecule has 0 radical (unpaired) electrons. The van der Waals surface area contributed by atoms with Gasteiger partial charge in [-0.15, -0.1) is 0 Å². The van der Waals surface area contributed by atoms with E-state index in [1.807, 2.05) is 55.2 Å². The average Bonchev–Trinajstić information content (AvgIpc) is 2.68. The van der Waals surface area contributed by atoms with Crippen molar-refractivity contribution in [3.63, 3.8) is 0 Å². The van der Waals surface area contributed by atoms with E-state index in [1.54, 1.807) is 12.1 Å². The fourth-order valence-electron chi connectivity index (χ4n) is 2.69. The Morgan fingerprint density at radius 1 is 0.929 bits per heavy atom. The first-order chi connectivity index (χ1) is 13.3. The van der Waals surface area contributed by atoms with Crippen LogP contribution in [0.3, 0.4) is 0 Å². The van der Waals surface area contributed by atoms with Crippen LogP contribution in [-0.2, 0) is 17.2 Å². The van der Waals surface area contributed by atoms with Crippen molar-refractivity contribution in [3.05, 3.63) is 90.9 Å². The molecule has 0 amide bonds. The number of aromatic nitrogens is 2. The number of nitrogens with zero attached hydrogens (tertiary/aromatic N) is 2. The fraction of sp³-hybridized carbons (Fsp3) is 0.0909. The van der Waals surface area contributed by atoms with Gasteiger partial charge in [0, 0.05) is 28.8 Å². The highest BCUT2D eigenvalue weighted by Crippen LogP contribution is 2.21. The summed E-state index contributed by atoms with van der Waals surface area (Å²) in [7, 11) is -2.24. The predicted molar refractivity (Wildman–Crippen MR) is 107 cm³/mol. The maximum absolute atomic E-state index is 10.4. The molecular formula is C22H20N2O3S. The lowest BCUT2D eigenvalue weighted by Gasteiger charge is -2.05. The molecule has 5 nitrogen and oxygen atoms in total. The lowest BCUT2D eigenvalue weighted by Crippen LogP contribution is -2.26. The largest absolute Gasteiger partial charge is 0.744 e. The average molecular weight is 392 g/mol. The number of hydrogen-bond acceptors (Lipinski definition) is 4. The van der Waals surface area contributed by atoms with Crippen molar-refractivity contribution in [1.29, 1.82) is 0 Å². The van der Waals surface area contributed by atoms with Crippen molar-refractivity contribution in [3.8, 4) is 11.1 Å². The van der Waals surface area contributed by atoms with Crippen LogP contribution in [-0.4, -0.2) is 18.0 Å². The van der Waals surface area contributed by atoms with E-state index in [4.69, 9.17) is 0 Å².